The molecule has 2 aromatic rings. The number of nitrogens with two attached hydrogens (primary N) is 1. The standard InChI is InChI=1S/C17H22N2O3S/c1-4-15(16(20)21-9-11(2)3)22-13-7-5-12(6-8-13)14-10-23-17(18)19-14/h5-8,10-11,15H,4,9H2,1-3H3,(H2,18,19). The lowest BCUT2D eigenvalue weighted by atomic mass is 10.1. The summed E-state index contributed by atoms with van der Waals surface area (Å²) in [7, 11) is 0. The molecule has 2 N–H and O–H groups in total. The fraction of sp³-hybridized carbons (Fsp3) is 0.412. The van der Waals surface area contributed by atoms with Gasteiger partial charge in [-0.3, -0.25) is 0 Å². The Labute approximate surface area is 140 Å². The number of nitrogen functional groups attached to an aromatic ring is 1. The summed E-state index contributed by atoms with van der Waals surface area (Å²) in [5.41, 5.74) is 7.44. The fourth-order valence-electron chi connectivity index (χ4n) is 1.93. The van der Waals surface area contributed by atoms with Crippen LogP contribution in [-0.4, -0.2) is 23.7 Å². The van der Waals surface area contributed by atoms with Crippen molar-refractivity contribution in [1.29, 1.82) is 0 Å². The van der Waals surface area contributed by atoms with Gasteiger partial charge in [0.1, 0.15) is 5.75 Å². The summed E-state index contributed by atoms with van der Waals surface area (Å²) >= 11 is 1.40. The van der Waals surface area contributed by atoms with Crippen molar-refractivity contribution in [3.8, 4) is 17.0 Å². The number of hydrogen-bond acceptors (Lipinski definition) is 6. The highest BCUT2D eigenvalue weighted by atomic mass is 32.1. The molecular weight excluding hydrogens is 312 g/mol. The van der Waals surface area contributed by atoms with Crippen molar-refractivity contribution in [1.82, 2.24) is 4.98 Å². The SMILES string of the molecule is CCC(Oc1ccc(-c2csc(N)n2)cc1)C(=O)OCC(C)C. The Morgan fingerprint density at radius 3 is 2.52 bits per heavy atom. The molecule has 124 valence electrons. The van der Waals surface area contributed by atoms with E-state index in [4.69, 9.17) is 15.2 Å². The van der Waals surface area contributed by atoms with Crippen LogP contribution in [-0.2, 0) is 9.53 Å². The number of rotatable bonds is 7. The molecule has 1 heterocycles. The highest BCUT2D eigenvalue weighted by Gasteiger charge is 2.20. The second kappa shape index (κ2) is 7.97. The summed E-state index contributed by atoms with van der Waals surface area (Å²) in [6, 6.07) is 7.44. The molecule has 0 saturated carbocycles. The molecule has 1 atom stereocenters. The Morgan fingerprint density at radius 2 is 2.00 bits per heavy atom. The molecule has 23 heavy (non-hydrogen) atoms. The Balaban J connectivity index is 1.99. The molecule has 2 rings (SSSR count). The van der Waals surface area contributed by atoms with Gasteiger partial charge in [0.15, 0.2) is 11.2 Å². The van der Waals surface area contributed by atoms with E-state index < -0.39 is 6.10 Å². The van der Waals surface area contributed by atoms with E-state index in [2.05, 4.69) is 4.98 Å². The third-order valence-corrected chi connectivity index (χ3v) is 3.82. The predicted octanol–water partition coefficient (Wildman–Crippen LogP) is 3.75. The largest absolute Gasteiger partial charge is 0.479 e. The van der Waals surface area contributed by atoms with Gasteiger partial charge in [0.2, 0.25) is 0 Å². The minimum atomic E-state index is -0.588. The van der Waals surface area contributed by atoms with E-state index in [1.165, 1.54) is 11.3 Å². The molecule has 5 nitrogen and oxygen atoms in total. The van der Waals surface area contributed by atoms with Gasteiger partial charge in [-0.15, -0.1) is 11.3 Å². The smallest absolute Gasteiger partial charge is 0.347 e. The van der Waals surface area contributed by atoms with Crippen LogP contribution in [0.15, 0.2) is 29.6 Å². The van der Waals surface area contributed by atoms with Crippen LogP contribution in [0.1, 0.15) is 27.2 Å². The zero-order chi connectivity index (χ0) is 16.8. The summed E-state index contributed by atoms with van der Waals surface area (Å²) < 4.78 is 11.0. The molecule has 0 radical (unpaired) electrons. The van der Waals surface area contributed by atoms with Crippen LogP contribution in [0.2, 0.25) is 0 Å². The van der Waals surface area contributed by atoms with E-state index in [9.17, 15) is 4.79 Å². The van der Waals surface area contributed by atoms with Gasteiger partial charge in [-0.25, -0.2) is 9.78 Å². The fourth-order valence-corrected chi connectivity index (χ4v) is 2.50. The van der Waals surface area contributed by atoms with Gasteiger partial charge in [-0.1, -0.05) is 20.8 Å². The van der Waals surface area contributed by atoms with Crippen molar-refractivity contribution in [3.63, 3.8) is 0 Å². The van der Waals surface area contributed by atoms with Crippen LogP contribution in [0, 0.1) is 5.92 Å². The highest BCUT2D eigenvalue weighted by molar-refractivity contribution is 7.13. The number of benzene rings is 1. The van der Waals surface area contributed by atoms with Gasteiger partial charge in [-0.05, 0) is 36.6 Å². The summed E-state index contributed by atoms with van der Waals surface area (Å²) in [6.07, 6.45) is -0.0316. The zero-order valence-corrected chi connectivity index (χ0v) is 14.4. The second-order valence-corrected chi connectivity index (χ2v) is 6.52. The number of thiazole rings is 1. The number of aromatic nitrogens is 1. The molecule has 0 amide bonds. The van der Waals surface area contributed by atoms with E-state index >= 15 is 0 Å². The van der Waals surface area contributed by atoms with E-state index in [-0.39, 0.29) is 5.97 Å². The molecule has 0 bridgehead atoms. The van der Waals surface area contributed by atoms with Crippen LogP contribution in [0.3, 0.4) is 0 Å². The van der Waals surface area contributed by atoms with Crippen molar-refractivity contribution < 1.29 is 14.3 Å². The summed E-state index contributed by atoms with van der Waals surface area (Å²) in [6.45, 7) is 6.30. The highest BCUT2D eigenvalue weighted by Crippen LogP contribution is 2.25. The first-order valence-electron chi connectivity index (χ1n) is 7.64. The lowest BCUT2D eigenvalue weighted by Gasteiger charge is -2.17. The van der Waals surface area contributed by atoms with Gasteiger partial charge < -0.3 is 15.2 Å². The van der Waals surface area contributed by atoms with Crippen molar-refractivity contribution in [2.24, 2.45) is 5.92 Å². The minimum absolute atomic E-state index is 0.307. The van der Waals surface area contributed by atoms with Crippen molar-refractivity contribution >= 4 is 22.4 Å². The first-order chi connectivity index (χ1) is 11.0. The van der Waals surface area contributed by atoms with Crippen LogP contribution < -0.4 is 10.5 Å². The average Bonchev–Trinajstić information content (AvgIpc) is 2.97. The molecule has 0 saturated heterocycles. The number of ether oxygens (including phenoxy) is 2. The van der Waals surface area contributed by atoms with Crippen LogP contribution >= 0.6 is 11.3 Å². The lowest BCUT2D eigenvalue weighted by molar-refractivity contribution is -0.153. The molecule has 0 aliphatic rings. The Morgan fingerprint density at radius 1 is 1.30 bits per heavy atom. The zero-order valence-electron chi connectivity index (χ0n) is 13.6. The molecule has 0 aliphatic carbocycles. The second-order valence-electron chi connectivity index (χ2n) is 5.63. The summed E-state index contributed by atoms with van der Waals surface area (Å²) in [4.78, 5) is 16.2. The molecule has 1 aromatic heterocycles. The van der Waals surface area contributed by atoms with E-state index in [1.807, 2.05) is 50.4 Å². The number of nitrogens with zero attached hydrogens (tertiary/aromatic N) is 1. The molecule has 1 aromatic carbocycles. The number of carbonyl (C=O) groups is 1. The molecular formula is C17H22N2O3S. The maximum atomic E-state index is 12.0. The maximum absolute atomic E-state index is 12.0. The number of hydrogen-bond donors (Lipinski definition) is 1. The van der Waals surface area contributed by atoms with Crippen LogP contribution in [0.5, 0.6) is 5.75 Å². The summed E-state index contributed by atoms with van der Waals surface area (Å²) in [5.74, 6) is 0.615. The van der Waals surface area contributed by atoms with Gasteiger partial charge in [0.05, 0.1) is 12.3 Å². The topological polar surface area (TPSA) is 74.4 Å². The van der Waals surface area contributed by atoms with Gasteiger partial charge in [-0.2, -0.15) is 0 Å². The maximum Gasteiger partial charge on any atom is 0.347 e. The van der Waals surface area contributed by atoms with Gasteiger partial charge >= 0.3 is 5.97 Å². The lowest BCUT2D eigenvalue weighted by Crippen LogP contribution is -2.29. The van der Waals surface area contributed by atoms with Crippen LogP contribution in [0.4, 0.5) is 5.13 Å². The first-order valence-corrected chi connectivity index (χ1v) is 8.52. The Kier molecular flexibility index (Phi) is 5.98. The number of carbonyl (C=O) groups excluding carboxylic acids is 1. The van der Waals surface area contributed by atoms with E-state index in [0.717, 1.165) is 11.3 Å². The van der Waals surface area contributed by atoms with Crippen molar-refractivity contribution in [2.45, 2.75) is 33.3 Å². The molecule has 0 fully saturated rings. The molecule has 0 spiro atoms. The number of esters is 1. The molecule has 0 aliphatic heterocycles. The van der Waals surface area contributed by atoms with Gasteiger partial charge in [0, 0.05) is 10.9 Å². The van der Waals surface area contributed by atoms with E-state index in [0.29, 0.717) is 29.8 Å². The predicted molar refractivity (Wildman–Crippen MR) is 92.5 cm³/mol. The Hall–Kier alpha value is -2.08. The quantitative estimate of drug-likeness (QED) is 0.781. The number of anilines is 1. The van der Waals surface area contributed by atoms with Crippen molar-refractivity contribution in [2.75, 3.05) is 12.3 Å². The third-order valence-electron chi connectivity index (χ3n) is 3.14. The third kappa shape index (κ3) is 4.96. The molecule has 1 unspecified atom stereocenters. The summed E-state index contributed by atoms with van der Waals surface area (Å²) in [5, 5.41) is 2.45. The monoisotopic (exact) mass is 334 g/mol. The normalized spacial score (nSPS) is 12.2. The molecule has 6 heteroatoms. The van der Waals surface area contributed by atoms with Crippen molar-refractivity contribution in [3.05, 3.63) is 29.6 Å². The Bertz CT molecular complexity index is 638. The van der Waals surface area contributed by atoms with Crippen LogP contribution in [0.25, 0.3) is 11.3 Å². The first kappa shape index (κ1) is 17.3. The average molecular weight is 334 g/mol. The van der Waals surface area contributed by atoms with E-state index in [1.54, 1.807) is 0 Å². The minimum Gasteiger partial charge on any atom is -0.479 e. The van der Waals surface area contributed by atoms with Gasteiger partial charge in [0.25, 0.3) is 0 Å².